The number of benzene rings is 1. The molecule has 2 aliphatic rings. The maximum atomic E-state index is 14.0. The van der Waals surface area contributed by atoms with Gasteiger partial charge < -0.3 is 9.64 Å². The van der Waals surface area contributed by atoms with Crippen molar-refractivity contribution in [2.75, 3.05) is 22.9 Å². The lowest BCUT2D eigenvalue weighted by molar-refractivity contribution is -0.113. The van der Waals surface area contributed by atoms with Gasteiger partial charge in [-0.3, -0.25) is 28.5 Å². The summed E-state index contributed by atoms with van der Waals surface area (Å²) in [5.41, 5.74) is 1.88. The molecule has 0 aliphatic carbocycles. The summed E-state index contributed by atoms with van der Waals surface area (Å²) in [7, 11) is 1.76. The Morgan fingerprint density at radius 2 is 1.74 bits per heavy atom. The highest BCUT2D eigenvalue weighted by atomic mass is 32.2. The molecule has 2 unspecified atom stereocenters. The summed E-state index contributed by atoms with van der Waals surface area (Å²) in [6.07, 6.45) is 2.24. The second kappa shape index (κ2) is 12.0. The largest absolute Gasteiger partial charge is 0.372 e. The van der Waals surface area contributed by atoms with Gasteiger partial charge in [0.1, 0.15) is 23.1 Å². The Bertz CT molecular complexity index is 1800. The molecule has 2 saturated heterocycles. The monoisotopic (exact) mass is 618 g/mol. The summed E-state index contributed by atoms with van der Waals surface area (Å²) in [4.78, 5) is 45.0. The molecule has 2 atom stereocenters. The molecule has 2 aliphatic heterocycles. The van der Waals surface area contributed by atoms with Crippen LogP contribution in [0.25, 0.3) is 11.8 Å². The number of amides is 1. The van der Waals surface area contributed by atoms with Crippen molar-refractivity contribution >= 4 is 51.8 Å². The Labute approximate surface area is 259 Å². The zero-order valence-electron chi connectivity index (χ0n) is 25.1. The molecule has 0 saturated carbocycles. The van der Waals surface area contributed by atoms with Crippen LogP contribution in [0.15, 0.2) is 44.8 Å². The van der Waals surface area contributed by atoms with Gasteiger partial charge >= 0.3 is 0 Å². The number of rotatable bonds is 6. The summed E-state index contributed by atoms with van der Waals surface area (Å²) in [6.45, 7) is 11.0. The third kappa shape index (κ3) is 5.26. The minimum absolute atomic E-state index is 0.0398. The number of anilines is 2. The highest BCUT2D eigenvalue weighted by Crippen LogP contribution is 2.39. The van der Waals surface area contributed by atoms with Crippen molar-refractivity contribution in [2.45, 2.75) is 59.8 Å². The highest BCUT2D eigenvalue weighted by molar-refractivity contribution is 8.27. The Balaban J connectivity index is 1.68. The van der Waals surface area contributed by atoms with Crippen molar-refractivity contribution in [1.82, 2.24) is 13.9 Å². The molecule has 12 heteroatoms. The molecule has 1 amide bonds. The number of morpholine rings is 1. The average Bonchev–Trinajstić information content (AvgIpc) is 3.35. The van der Waals surface area contributed by atoms with Crippen molar-refractivity contribution in [2.24, 2.45) is 7.05 Å². The smallest absolute Gasteiger partial charge is 0.296 e. The lowest BCUT2D eigenvalue weighted by Crippen LogP contribution is -2.48. The number of aromatic nitrogens is 3. The number of pyridine rings is 1. The fourth-order valence-corrected chi connectivity index (χ4v) is 7.12. The van der Waals surface area contributed by atoms with Crippen LogP contribution >= 0.6 is 24.0 Å². The zero-order chi connectivity index (χ0) is 31.2. The van der Waals surface area contributed by atoms with E-state index in [1.807, 2.05) is 51.1 Å². The number of para-hydroxylation sites is 1. The van der Waals surface area contributed by atoms with E-state index in [0.717, 1.165) is 11.8 Å². The first-order chi connectivity index (χ1) is 20.5. The molecule has 0 spiro atoms. The van der Waals surface area contributed by atoms with E-state index in [9.17, 15) is 19.6 Å². The van der Waals surface area contributed by atoms with E-state index in [1.165, 1.54) is 9.58 Å². The van der Waals surface area contributed by atoms with Gasteiger partial charge in [-0.1, -0.05) is 49.1 Å². The molecular weight excluding hydrogens is 585 g/mol. The van der Waals surface area contributed by atoms with E-state index in [2.05, 4.69) is 11.0 Å². The molecule has 0 N–H and O–H groups in total. The maximum Gasteiger partial charge on any atom is 0.296 e. The fourth-order valence-electron chi connectivity index (χ4n) is 5.87. The van der Waals surface area contributed by atoms with Crippen LogP contribution in [0.2, 0.25) is 0 Å². The predicted molar refractivity (Wildman–Crippen MR) is 174 cm³/mol. The van der Waals surface area contributed by atoms with Gasteiger partial charge in [-0.05, 0) is 57.9 Å². The number of hydrogen-bond donors (Lipinski definition) is 0. The third-order valence-electron chi connectivity index (χ3n) is 7.83. The normalized spacial score (nSPS) is 19.9. The number of thiocarbonyl (C=S) groups is 1. The molecule has 2 aromatic heterocycles. The van der Waals surface area contributed by atoms with E-state index < -0.39 is 5.91 Å². The first-order valence-electron chi connectivity index (χ1n) is 14.2. The van der Waals surface area contributed by atoms with Crippen LogP contribution in [0.1, 0.15) is 49.6 Å². The van der Waals surface area contributed by atoms with Crippen LogP contribution in [0.3, 0.4) is 0 Å². The summed E-state index contributed by atoms with van der Waals surface area (Å²) in [6, 6.07) is 11.3. The van der Waals surface area contributed by atoms with Crippen LogP contribution in [0, 0.1) is 25.2 Å². The molecular formula is C31H34N6O4S2. The molecule has 2 fully saturated rings. The Kier molecular flexibility index (Phi) is 8.51. The number of thioether (sulfide) groups is 1. The van der Waals surface area contributed by atoms with Gasteiger partial charge in [-0.25, -0.2) is 4.68 Å². The van der Waals surface area contributed by atoms with E-state index in [4.69, 9.17) is 17.0 Å². The lowest BCUT2D eigenvalue weighted by Gasteiger charge is -2.39. The zero-order valence-corrected chi connectivity index (χ0v) is 26.7. The first kappa shape index (κ1) is 30.5. The lowest BCUT2D eigenvalue weighted by atomic mass is 10.0. The quantitative estimate of drug-likeness (QED) is 0.298. The van der Waals surface area contributed by atoms with Crippen LogP contribution in [0.5, 0.6) is 0 Å². The van der Waals surface area contributed by atoms with Gasteiger partial charge in [0.05, 0.1) is 28.5 Å². The van der Waals surface area contributed by atoms with Crippen molar-refractivity contribution in [3.8, 4) is 11.8 Å². The minimum Gasteiger partial charge on any atom is -0.372 e. The molecule has 0 bridgehead atoms. The number of ether oxygens (including phenoxy) is 1. The Hall–Kier alpha value is -3.92. The number of hydrogen-bond acceptors (Lipinski definition) is 8. The molecule has 3 aromatic rings. The van der Waals surface area contributed by atoms with Crippen molar-refractivity contribution in [3.05, 3.63) is 78.3 Å². The fraction of sp³-hybridized carbons (Fsp3) is 0.387. The molecule has 43 heavy (non-hydrogen) atoms. The van der Waals surface area contributed by atoms with E-state index in [-0.39, 0.29) is 38.9 Å². The van der Waals surface area contributed by atoms with Crippen molar-refractivity contribution in [1.29, 1.82) is 5.26 Å². The van der Waals surface area contributed by atoms with Crippen LogP contribution in [-0.2, 0) is 23.1 Å². The van der Waals surface area contributed by atoms with Gasteiger partial charge in [-0.15, -0.1) is 0 Å². The van der Waals surface area contributed by atoms with Gasteiger partial charge in [0.15, 0.2) is 4.32 Å². The van der Waals surface area contributed by atoms with Crippen molar-refractivity contribution < 1.29 is 9.53 Å². The molecule has 4 heterocycles. The Morgan fingerprint density at radius 3 is 2.35 bits per heavy atom. The molecule has 5 rings (SSSR count). The number of carbonyl (C=O) groups excluding carboxylic acids is 1. The van der Waals surface area contributed by atoms with Gasteiger partial charge in [0, 0.05) is 32.2 Å². The third-order valence-corrected chi connectivity index (χ3v) is 9.13. The number of carbonyl (C=O) groups is 1. The van der Waals surface area contributed by atoms with Crippen LogP contribution in [0.4, 0.5) is 11.5 Å². The maximum absolute atomic E-state index is 14.0. The first-order valence-corrected chi connectivity index (χ1v) is 15.4. The molecule has 224 valence electrons. The SMILES string of the molecule is CCCn1c(N2CC(C)OC(C)C2)c(C=C2SC(=S)N(c3c(C)n(C)n(-c4ccccc4)c3=O)C2=O)c(C)c(C#N)c1=O. The molecule has 10 nitrogen and oxygen atoms in total. The van der Waals surface area contributed by atoms with E-state index in [0.29, 0.717) is 59.3 Å². The predicted octanol–water partition coefficient (Wildman–Crippen LogP) is 4.26. The van der Waals surface area contributed by atoms with Crippen molar-refractivity contribution in [3.63, 3.8) is 0 Å². The topological polar surface area (TPSA) is 106 Å². The number of nitrogens with zero attached hydrogens (tertiary/aromatic N) is 6. The second-order valence-electron chi connectivity index (χ2n) is 10.9. The van der Waals surface area contributed by atoms with Crippen LogP contribution < -0.4 is 20.9 Å². The number of nitriles is 1. The highest BCUT2D eigenvalue weighted by Gasteiger charge is 2.38. The Morgan fingerprint density at radius 1 is 1.09 bits per heavy atom. The summed E-state index contributed by atoms with van der Waals surface area (Å²) in [5.74, 6) is 0.222. The van der Waals surface area contributed by atoms with E-state index in [1.54, 1.807) is 36.2 Å². The minimum atomic E-state index is -0.429. The molecule has 0 radical (unpaired) electrons. The van der Waals surface area contributed by atoms with Gasteiger partial charge in [0.2, 0.25) is 0 Å². The molecule has 1 aromatic carbocycles. The van der Waals surface area contributed by atoms with Gasteiger partial charge in [-0.2, -0.15) is 5.26 Å². The average molecular weight is 619 g/mol. The summed E-state index contributed by atoms with van der Waals surface area (Å²) >= 11 is 6.78. The second-order valence-corrected chi connectivity index (χ2v) is 12.6. The standard InChI is InChI=1S/C31H34N6O4S2/c1-7-13-35-27(34-16-18(2)41-19(3)17-34)23(20(4)24(15-32)28(35)38)14-25-29(39)36(31(42)43-25)26-21(5)33(6)37(30(26)40)22-11-9-8-10-12-22/h8-12,14,18-19H,7,13,16-17H2,1-6H3. The van der Waals surface area contributed by atoms with E-state index >= 15 is 0 Å². The van der Waals surface area contributed by atoms with Crippen LogP contribution in [-0.4, -0.2) is 49.5 Å². The van der Waals surface area contributed by atoms with Gasteiger partial charge in [0.25, 0.3) is 17.0 Å². The summed E-state index contributed by atoms with van der Waals surface area (Å²) < 4.78 is 11.1. The summed E-state index contributed by atoms with van der Waals surface area (Å²) in [5, 5.41) is 9.97.